The van der Waals surface area contributed by atoms with Gasteiger partial charge in [-0.15, -0.1) is 0 Å². The quantitative estimate of drug-likeness (QED) is 0.181. The molecule has 1 aliphatic rings. The van der Waals surface area contributed by atoms with E-state index in [-0.39, 0.29) is 6.10 Å². The number of quaternary nitrogens is 1. The first-order valence-electron chi connectivity index (χ1n) is 12.7. The van der Waals surface area contributed by atoms with Gasteiger partial charge >= 0.3 is 0 Å². The highest BCUT2D eigenvalue weighted by atomic mass is 16.5. The first kappa shape index (κ1) is 26.9. The van der Waals surface area contributed by atoms with Crippen molar-refractivity contribution < 1.29 is 18.7 Å². The summed E-state index contributed by atoms with van der Waals surface area (Å²) >= 11 is 0. The molecule has 0 radical (unpaired) electrons. The largest absolute Gasteiger partial charge is 0.379 e. The number of morpholine rings is 1. The molecule has 0 N–H and O–H groups in total. The molecule has 1 fully saturated rings. The van der Waals surface area contributed by atoms with Crippen LogP contribution in [0.3, 0.4) is 0 Å². The molecular formula is C25H52NO3+. The van der Waals surface area contributed by atoms with E-state index in [9.17, 15) is 0 Å². The van der Waals surface area contributed by atoms with Crippen molar-refractivity contribution in [3.63, 3.8) is 0 Å². The van der Waals surface area contributed by atoms with Gasteiger partial charge < -0.3 is 18.7 Å². The minimum absolute atomic E-state index is 0.199. The fourth-order valence-corrected chi connectivity index (χ4v) is 4.27. The van der Waals surface area contributed by atoms with Crippen molar-refractivity contribution >= 4 is 0 Å². The van der Waals surface area contributed by atoms with E-state index in [0.29, 0.717) is 0 Å². The van der Waals surface area contributed by atoms with Gasteiger partial charge in [0.1, 0.15) is 25.7 Å². The van der Waals surface area contributed by atoms with Crippen LogP contribution >= 0.6 is 0 Å². The SMILES string of the molecule is CCCCCCCCCCCCCCCCOCC(C[N+]1(C)CCOCC1)OC. The first-order valence-corrected chi connectivity index (χ1v) is 12.7. The molecule has 1 heterocycles. The molecule has 0 amide bonds. The van der Waals surface area contributed by atoms with E-state index in [1.54, 1.807) is 0 Å². The zero-order valence-electron chi connectivity index (χ0n) is 20.1. The topological polar surface area (TPSA) is 27.7 Å². The van der Waals surface area contributed by atoms with Gasteiger partial charge in [0, 0.05) is 13.7 Å². The zero-order chi connectivity index (χ0) is 21.0. The molecule has 4 nitrogen and oxygen atoms in total. The monoisotopic (exact) mass is 414 g/mol. The van der Waals surface area contributed by atoms with Crippen molar-refractivity contribution in [3.05, 3.63) is 0 Å². The van der Waals surface area contributed by atoms with Crippen LogP contribution in [0.2, 0.25) is 0 Å². The third kappa shape index (κ3) is 15.3. The van der Waals surface area contributed by atoms with Crippen LogP contribution in [0, 0.1) is 0 Å². The molecule has 0 bridgehead atoms. The standard InChI is InChI=1S/C25H52NO3/c1-4-5-6-7-8-9-10-11-12-13-14-15-16-17-20-29-24-25(27-3)23-26(2)18-21-28-22-19-26/h25H,4-24H2,1-3H3/q+1. The highest BCUT2D eigenvalue weighted by Crippen LogP contribution is 2.13. The summed E-state index contributed by atoms with van der Waals surface area (Å²) in [7, 11) is 4.12. The minimum atomic E-state index is 0.199. The lowest BCUT2D eigenvalue weighted by Gasteiger charge is -2.39. The molecule has 1 rings (SSSR count). The summed E-state index contributed by atoms with van der Waals surface area (Å²) in [6, 6.07) is 0. The number of methoxy groups -OCH3 is 1. The van der Waals surface area contributed by atoms with Gasteiger partial charge in [-0.25, -0.2) is 0 Å². The van der Waals surface area contributed by atoms with E-state index in [1.165, 1.54) is 89.9 Å². The zero-order valence-corrected chi connectivity index (χ0v) is 20.1. The van der Waals surface area contributed by atoms with Crippen molar-refractivity contribution in [1.29, 1.82) is 0 Å². The van der Waals surface area contributed by atoms with E-state index >= 15 is 0 Å². The number of rotatable bonds is 20. The predicted molar refractivity (Wildman–Crippen MR) is 124 cm³/mol. The number of hydrogen-bond acceptors (Lipinski definition) is 3. The smallest absolute Gasteiger partial charge is 0.129 e. The Balaban J connectivity index is 1.83. The van der Waals surface area contributed by atoms with E-state index in [4.69, 9.17) is 14.2 Å². The third-order valence-electron chi connectivity index (χ3n) is 6.47. The van der Waals surface area contributed by atoms with Crippen LogP contribution in [-0.2, 0) is 14.2 Å². The van der Waals surface area contributed by atoms with Crippen LogP contribution in [-0.4, -0.2) is 70.8 Å². The Kier molecular flexibility index (Phi) is 17.2. The Labute approximate surface area is 182 Å². The minimum Gasteiger partial charge on any atom is -0.379 e. The highest BCUT2D eigenvalue weighted by Gasteiger charge is 2.29. The lowest BCUT2D eigenvalue weighted by atomic mass is 10.0. The van der Waals surface area contributed by atoms with Crippen molar-refractivity contribution in [1.82, 2.24) is 0 Å². The number of hydrogen-bond donors (Lipinski definition) is 0. The molecular weight excluding hydrogens is 362 g/mol. The van der Waals surface area contributed by atoms with Gasteiger partial charge in [-0.05, 0) is 6.42 Å². The molecule has 4 heteroatoms. The van der Waals surface area contributed by atoms with Crippen molar-refractivity contribution in [3.8, 4) is 0 Å². The van der Waals surface area contributed by atoms with Crippen molar-refractivity contribution in [2.24, 2.45) is 0 Å². The van der Waals surface area contributed by atoms with E-state index in [2.05, 4.69) is 14.0 Å². The predicted octanol–water partition coefficient (Wildman–Crippen LogP) is 5.98. The first-order chi connectivity index (χ1) is 14.2. The summed E-state index contributed by atoms with van der Waals surface area (Å²) in [5.41, 5.74) is 0. The van der Waals surface area contributed by atoms with Crippen LogP contribution in [0.5, 0.6) is 0 Å². The Bertz CT molecular complexity index is 345. The third-order valence-corrected chi connectivity index (χ3v) is 6.47. The molecule has 174 valence electrons. The highest BCUT2D eigenvalue weighted by molar-refractivity contribution is 4.58. The summed E-state index contributed by atoms with van der Waals surface area (Å²) in [6.07, 6.45) is 19.8. The maximum atomic E-state index is 5.91. The van der Waals surface area contributed by atoms with Gasteiger partial charge in [-0.1, -0.05) is 90.4 Å². The molecule has 1 saturated heterocycles. The van der Waals surface area contributed by atoms with Crippen molar-refractivity contribution in [2.75, 3.05) is 60.2 Å². The van der Waals surface area contributed by atoms with Crippen LogP contribution < -0.4 is 0 Å². The molecule has 1 aliphatic heterocycles. The molecule has 0 aromatic rings. The lowest BCUT2D eigenvalue weighted by molar-refractivity contribution is -0.919. The number of nitrogens with zero attached hydrogens (tertiary/aromatic N) is 1. The maximum absolute atomic E-state index is 5.91. The van der Waals surface area contributed by atoms with E-state index in [1.807, 2.05) is 7.11 Å². The molecule has 0 spiro atoms. The number of ether oxygens (including phenoxy) is 3. The summed E-state index contributed by atoms with van der Waals surface area (Å²) in [5.74, 6) is 0. The second-order valence-electron chi connectivity index (χ2n) is 9.39. The Morgan fingerprint density at radius 3 is 1.72 bits per heavy atom. The Morgan fingerprint density at radius 2 is 1.24 bits per heavy atom. The second-order valence-corrected chi connectivity index (χ2v) is 9.39. The molecule has 0 saturated carbocycles. The van der Waals surface area contributed by atoms with Crippen molar-refractivity contribution in [2.45, 2.75) is 103 Å². The van der Waals surface area contributed by atoms with E-state index in [0.717, 1.165) is 50.5 Å². The molecule has 29 heavy (non-hydrogen) atoms. The van der Waals surface area contributed by atoms with Crippen LogP contribution in [0.25, 0.3) is 0 Å². The molecule has 1 atom stereocenters. The number of unbranched alkanes of at least 4 members (excludes halogenated alkanes) is 13. The number of likely N-dealkylation sites (N-methyl/N-ethyl adjacent to an activating group) is 1. The Hall–Kier alpha value is -0.160. The van der Waals surface area contributed by atoms with Gasteiger partial charge in [0.05, 0.1) is 26.9 Å². The van der Waals surface area contributed by atoms with Gasteiger partial charge in [0.2, 0.25) is 0 Å². The van der Waals surface area contributed by atoms with Gasteiger partial charge in [0.25, 0.3) is 0 Å². The summed E-state index contributed by atoms with van der Waals surface area (Å²) in [5, 5.41) is 0. The fraction of sp³-hybridized carbons (Fsp3) is 1.00. The Morgan fingerprint density at radius 1 is 0.759 bits per heavy atom. The van der Waals surface area contributed by atoms with Gasteiger partial charge in [0.15, 0.2) is 0 Å². The molecule has 0 aliphatic carbocycles. The lowest BCUT2D eigenvalue weighted by Crippen LogP contribution is -2.56. The maximum Gasteiger partial charge on any atom is 0.129 e. The second kappa shape index (κ2) is 18.6. The van der Waals surface area contributed by atoms with Crippen LogP contribution in [0.15, 0.2) is 0 Å². The summed E-state index contributed by atoms with van der Waals surface area (Å²) in [4.78, 5) is 0. The summed E-state index contributed by atoms with van der Waals surface area (Å²) < 4.78 is 18.1. The van der Waals surface area contributed by atoms with Gasteiger partial charge in [-0.3, -0.25) is 0 Å². The van der Waals surface area contributed by atoms with Crippen LogP contribution in [0.4, 0.5) is 0 Å². The van der Waals surface area contributed by atoms with Gasteiger partial charge in [-0.2, -0.15) is 0 Å². The van der Waals surface area contributed by atoms with Crippen LogP contribution in [0.1, 0.15) is 96.8 Å². The normalized spacial score (nSPS) is 17.5. The average Bonchev–Trinajstić information content (AvgIpc) is 2.73. The van der Waals surface area contributed by atoms with E-state index < -0.39 is 0 Å². The molecule has 0 aromatic carbocycles. The fourth-order valence-electron chi connectivity index (χ4n) is 4.27. The molecule has 0 aromatic heterocycles. The summed E-state index contributed by atoms with van der Waals surface area (Å²) in [6.45, 7) is 8.82. The molecule has 1 unspecified atom stereocenters. The average molecular weight is 415 g/mol.